The number of carbonyl (C=O) groups is 2. The smallest absolute Gasteiger partial charge is 0.303 e. The Hall–Kier alpha value is -2.93. The standard InChI is InChI=1S/C27H30ClFN2O4/c1-26(2,3)17-12-20(16-6-7-18(28)19(29)11-16)30-21-13-22(35-24(17)21)25(34)31-9-8-15(10-23(32)33)14-27(31,4)5/h6-7,11-13,15H,8-10,14H2,1-5H3,(H,32,33). The molecule has 6 nitrogen and oxygen atoms in total. The van der Waals surface area contributed by atoms with Crippen molar-refractivity contribution < 1.29 is 23.5 Å². The Bertz CT molecular complexity index is 1310. The number of hydrogen-bond donors (Lipinski definition) is 1. The molecule has 3 heterocycles. The summed E-state index contributed by atoms with van der Waals surface area (Å²) in [6, 6.07) is 8.06. The minimum atomic E-state index is -0.819. The third kappa shape index (κ3) is 5.06. The first-order valence-electron chi connectivity index (χ1n) is 11.7. The van der Waals surface area contributed by atoms with Crippen LogP contribution in [0.4, 0.5) is 4.39 Å². The van der Waals surface area contributed by atoms with Crippen LogP contribution in [0.1, 0.15) is 70.0 Å². The van der Waals surface area contributed by atoms with E-state index in [9.17, 15) is 14.0 Å². The van der Waals surface area contributed by atoms with E-state index in [-0.39, 0.29) is 34.4 Å². The van der Waals surface area contributed by atoms with Crippen LogP contribution in [-0.2, 0) is 10.2 Å². The van der Waals surface area contributed by atoms with Crippen LogP contribution < -0.4 is 0 Å². The number of nitrogens with zero attached hydrogens (tertiary/aromatic N) is 2. The van der Waals surface area contributed by atoms with Gasteiger partial charge in [-0.25, -0.2) is 9.37 Å². The molecule has 1 unspecified atom stereocenters. The Morgan fingerprint density at radius 2 is 1.97 bits per heavy atom. The lowest BCUT2D eigenvalue weighted by Gasteiger charge is -2.45. The molecule has 1 aliphatic heterocycles. The number of hydrogen-bond acceptors (Lipinski definition) is 4. The van der Waals surface area contributed by atoms with Gasteiger partial charge >= 0.3 is 5.97 Å². The number of aromatic nitrogens is 1. The van der Waals surface area contributed by atoms with Crippen molar-refractivity contribution in [2.45, 2.75) is 64.8 Å². The molecule has 2 aromatic heterocycles. The second kappa shape index (κ2) is 8.94. The van der Waals surface area contributed by atoms with Gasteiger partial charge in [0.1, 0.15) is 11.3 Å². The SMILES string of the molecule is CC(C)(C)c1cc(-c2ccc(Cl)c(F)c2)nc2cc(C(=O)N3CCC(CC(=O)O)CC3(C)C)oc12. The van der Waals surface area contributed by atoms with Gasteiger partial charge < -0.3 is 14.4 Å². The van der Waals surface area contributed by atoms with Crippen molar-refractivity contribution in [3.8, 4) is 11.3 Å². The number of amides is 1. The quantitative estimate of drug-likeness (QED) is 0.431. The first kappa shape index (κ1) is 25.2. The normalized spacial score (nSPS) is 18.1. The number of piperidine rings is 1. The Kier molecular flexibility index (Phi) is 6.43. The highest BCUT2D eigenvalue weighted by Gasteiger charge is 2.39. The van der Waals surface area contributed by atoms with Gasteiger partial charge in [0.25, 0.3) is 5.91 Å². The molecule has 1 saturated heterocycles. The highest BCUT2D eigenvalue weighted by atomic mass is 35.5. The van der Waals surface area contributed by atoms with Crippen LogP contribution in [0.25, 0.3) is 22.4 Å². The van der Waals surface area contributed by atoms with E-state index < -0.39 is 17.3 Å². The van der Waals surface area contributed by atoms with E-state index in [1.807, 2.05) is 40.7 Å². The van der Waals surface area contributed by atoms with E-state index in [0.29, 0.717) is 41.7 Å². The molecule has 1 fully saturated rings. The Morgan fingerprint density at radius 3 is 2.57 bits per heavy atom. The molecule has 8 heteroatoms. The second-order valence-electron chi connectivity index (χ2n) is 11.0. The summed E-state index contributed by atoms with van der Waals surface area (Å²) in [7, 11) is 0. The van der Waals surface area contributed by atoms with Crippen molar-refractivity contribution >= 4 is 34.6 Å². The first-order valence-corrected chi connectivity index (χ1v) is 12.1. The fourth-order valence-corrected chi connectivity index (χ4v) is 5.07. The van der Waals surface area contributed by atoms with Gasteiger partial charge in [-0.15, -0.1) is 0 Å². The van der Waals surface area contributed by atoms with Crippen LogP contribution in [0.2, 0.25) is 5.02 Å². The number of fused-ring (bicyclic) bond motifs is 1. The maximum absolute atomic E-state index is 14.1. The summed E-state index contributed by atoms with van der Waals surface area (Å²) in [5, 5.41) is 9.20. The van der Waals surface area contributed by atoms with Gasteiger partial charge in [-0.2, -0.15) is 0 Å². The van der Waals surface area contributed by atoms with Crippen LogP contribution in [-0.4, -0.2) is 39.0 Å². The predicted octanol–water partition coefficient (Wildman–Crippen LogP) is 6.69. The molecule has 0 bridgehead atoms. The first-order chi connectivity index (χ1) is 16.3. The Labute approximate surface area is 209 Å². The molecule has 1 aromatic carbocycles. The second-order valence-corrected chi connectivity index (χ2v) is 11.4. The maximum atomic E-state index is 14.1. The van der Waals surface area contributed by atoms with Crippen LogP contribution in [0, 0.1) is 11.7 Å². The topological polar surface area (TPSA) is 83.6 Å². The molecule has 1 atom stereocenters. The molecular formula is C27H30ClFN2O4. The largest absolute Gasteiger partial charge is 0.481 e. The molecule has 3 aromatic rings. The summed E-state index contributed by atoms with van der Waals surface area (Å²) in [6.45, 7) is 10.5. The van der Waals surface area contributed by atoms with Crippen molar-refractivity contribution in [2.75, 3.05) is 6.54 Å². The van der Waals surface area contributed by atoms with Crippen molar-refractivity contribution in [2.24, 2.45) is 5.92 Å². The third-order valence-corrected chi connectivity index (χ3v) is 7.01. The van der Waals surface area contributed by atoms with E-state index in [4.69, 9.17) is 21.1 Å². The molecular weight excluding hydrogens is 471 g/mol. The number of furan rings is 1. The molecule has 186 valence electrons. The molecule has 4 rings (SSSR count). The van der Waals surface area contributed by atoms with E-state index >= 15 is 0 Å². The van der Waals surface area contributed by atoms with Crippen molar-refractivity contribution in [3.63, 3.8) is 0 Å². The van der Waals surface area contributed by atoms with Crippen molar-refractivity contribution in [1.29, 1.82) is 0 Å². The number of carboxylic acid groups (broad SMARTS) is 1. The lowest BCUT2D eigenvalue weighted by Crippen LogP contribution is -2.53. The Morgan fingerprint density at radius 1 is 1.26 bits per heavy atom. The van der Waals surface area contributed by atoms with Gasteiger partial charge in [0.2, 0.25) is 0 Å². The van der Waals surface area contributed by atoms with Crippen LogP contribution in [0.5, 0.6) is 0 Å². The van der Waals surface area contributed by atoms with E-state index in [2.05, 4.69) is 4.98 Å². The zero-order valence-electron chi connectivity index (χ0n) is 20.6. The van der Waals surface area contributed by atoms with Gasteiger partial charge in [-0.05, 0) is 56.2 Å². The average molecular weight is 501 g/mol. The fraction of sp³-hybridized carbons (Fsp3) is 0.444. The van der Waals surface area contributed by atoms with Gasteiger partial charge in [-0.3, -0.25) is 9.59 Å². The van der Waals surface area contributed by atoms with Gasteiger partial charge in [-0.1, -0.05) is 38.4 Å². The summed E-state index contributed by atoms with van der Waals surface area (Å²) in [6.07, 6.45) is 1.32. The number of benzene rings is 1. The number of rotatable bonds is 4. The molecule has 0 radical (unpaired) electrons. The number of pyridine rings is 1. The lowest BCUT2D eigenvalue weighted by atomic mass is 9.81. The summed E-state index contributed by atoms with van der Waals surface area (Å²) in [5.74, 6) is -1.39. The number of likely N-dealkylation sites (tertiary alicyclic amines) is 1. The number of carboxylic acids is 1. The summed E-state index contributed by atoms with van der Waals surface area (Å²) < 4.78 is 20.3. The zero-order valence-corrected chi connectivity index (χ0v) is 21.4. The number of halogens is 2. The molecule has 0 aliphatic carbocycles. The number of aliphatic carboxylic acids is 1. The lowest BCUT2D eigenvalue weighted by molar-refractivity contribution is -0.138. The van der Waals surface area contributed by atoms with Crippen LogP contribution in [0.15, 0.2) is 34.7 Å². The van der Waals surface area contributed by atoms with Gasteiger partial charge in [0.15, 0.2) is 11.3 Å². The summed E-state index contributed by atoms with van der Waals surface area (Å²) >= 11 is 5.85. The molecule has 1 N–H and O–H groups in total. The summed E-state index contributed by atoms with van der Waals surface area (Å²) in [5.41, 5.74) is 2.20. The molecule has 1 amide bonds. The predicted molar refractivity (Wildman–Crippen MR) is 133 cm³/mol. The highest BCUT2D eigenvalue weighted by molar-refractivity contribution is 6.30. The molecule has 1 aliphatic rings. The Balaban J connectivity index is 1.74. The van der Waals surface area contributed by atoms with E-state index in [0.717, 1.165) is 5.56 Å². The van der Waals surface area contributed by atoms with Crippen LogP contribution >= 0.6 is 11.6 Å². The molecule has 0 spiro atoms. The monoisotopic (exact) mass is 500 g/mol. The van der Waals surface area contributed by atoms with Gasteiger partial charge in [0.05, 0.1) is 10.7 Å². The average Bonchev–Trinajstić information content (AvgIpc) is 3.17. The fourth-order valence-electron chi connectivity index (χ4n) is 4.95. The van der Waals surface area contributed by atoms with Crippen molar-refractivity contribution in [1.82, 2.24) is 9.88 Å². The van der Waals surface area contributed by atoms with Crippen LogP contribution in [0.3, 0.4) is 0 Å². The van der Waals surface area contributed by atoms with E-state index in [1.54, 1.807) is 17.0 Å². The van der Waals surface area contributed by atoms with Crippen molar-refractivity contribution in [3.05, 3.63) is 52.5 Å². The summed E-state index contributed by atoms with van der Waals surface area (Å²) in [4.78, 5) is 31.1. The highest BCUT2D eigenvalue weighted by Crippen LogP contribution is 2.38. The third-order valence-electron chi connectivity index (χ3n) is 6.70. The molecule has 0 saturated carbocycles. The zero-order chi connectivity index (χ0) is 25.7. The van der Waals surface area contributed by atoms with E-state index in [1.165, 1.54) is 12.1 Å². The van der Waals surface area contributed by atoms with Gasteiger partial charge in [0, 0.05) is 35.7 Å². The maximum Gasteiger partial charge on any atom is 0.303 e. The minimum Gasteiger partial charge on any atom is -0.481 e. The molecule has 35 heavy (non-hydrogen) atoms. The minimum absolute atomic E-state index is 0.0266. The number of carbonyl (C=O) groups excluding carboxylic acids is 1.